The molecule has 1 amide bonds. The van der Waals surface area contributed by atoms with Gasteiger partial charge in [0.05, 0.1) is 6.04 Å². The molecule has 1 unspecified atom stereocenters. The Morgan fingerprint density at radius 3 is 2.79 bits per heavy atom. The second-order valence-electron chi connectivity index (χ2n) is 4.45. The van der Waals surface area contributed by atoms with Crippen LogP contribution in [0.15, 0.2) is 12.7 Å². The monoisotopic (exact) mass is 196 g/mol. The zero-order valence-electron chi connectivity index (χ0n) is 9.10. The lowest BCUT2D eigenvalue weighted by Gasteiger charge is -2.16. The molecule has 0 aromatic carbocycles. The van der Waals surface area contributed by atoms with Crippen LogP contribution in [0.2, 0.25) is 0 Å². The van der Waals surface area contributed by atoms with Crippen LogP contribution >= 0.6 is 0 Å². The van der Waals surface area contributed by atoms with Crippen LogP contribution in [-0.2, 0) is 4.79 Å². The Balaban J connectivity index is 2.16. The summed E-state index contributed by atoms with van der Waals surface area (Å²) in [4.78, 5) is 11.4. The number of hydrogen-bond acceptors (Lipinski definition) is 2. The molecule has 0 radical (unpaired) electrons. The van der Waals surface area contributed by atoms with Crippen molar-refractivity contribution in [2.75, 3.05) is 13.1 Å². The van der Waals surface area contributed by atoms with Crippen molar-refractivity contribution in [3.63, 3.8) is 0 Å². The molecule has 2 N–H and O–H groups in total. The first-order valence-corrected chi connectivity index (χ1v) is 5.19. The van der Waals surface area contributed by atoms with E-state index in [-0.39, 0.29) is 11.9 Å². The van der Waals surface area contributed by atoms with Crippen molar-refractivity contribution in [3.8, 4) is 0 Å². The van der Waals surface area contributed by atoms with E-state index in [4.69, 9.17) is 0 Å². The van der Waals surface area contributed by atoms with Gasteiger partial charge in [0.1, 0.15) is 0 Å². The molecule has 3 heteroatoms. The zero-order valence-corrected chi connectivity index (χ0v) is 9.10. The van der Waals surface area contributed by atoms with Gasteiger partial charge in [-0.1, -0.05) is 13.0 Å². The van der Waals surface area contributed by atoms with E-state index >= 15 is 0 Å². The standard InChI is InChI=1S/C11H20N2O/c1-4-7-12-10(14)9(2)13-8-11(3)5-6-11/h4,9,13H,1,5-8H2,2-3H3,(H,12,14). The van der Waals surface area contributed by atoms with Crippen LogP contribution in [0, 0.1) is 5.41 Å². The Kier molecular flexibility index (Phi) is 3.69. The van der Waals surface area contributed by atoms with Crippen molar-refractivity contribution in [2.45, 2.75) is 32.7 Å². The molecule has 1 rings (SSSR count). The highest BCUT2D eigenvalue weighted by atomic mass is 16.2. The Bertz CT molecular complexity index is 221. The SMILES string of the molecule is C=CCNC(=O)C(C)NCC1(C)CC1. The van der Waals surface area contributed by atoms with Gasteiger partial charge < -0.3 is 10.6 Å². The molecule has 1 aliphatic carbocycles. The van der Waals surface area contributed by atoms with Crippen molar-refractivity contribution < 1.29 is 4.79 Å². The predicted molar refractivity (Wildman–Crippen MR) is 58.0 cm³/mol. The molecule has 14 heavy (non-hydrogen) atoms. The van der Waals surface area contributed by atoms with E-state index in [1.807, 2.05) is 6.92 Å². The lowest BCUT2D eigenvalue weighted by Crippen LogP contribution is -2.43. The largest absolute Gasteiger partial charge is 0.351 e. The zero-order chi connectivity index (χ0) is 10.6. The van der Waals surface area contributed by atoms with E-state index in [1.54, 1.807) is 6.08 Å². The van der Waals surface area contributed by atoms with Gasteiger partial charge in [0.15, 0.2) is 0 Å². The van der Waals surface area contributed by atoms with Crippen molar-refractivity contribution in [2.24, 2.45) is 5.41 Å². The highest BCUT2D eigenvalue weighted by Gasteiger charge is 2.37. The molecule has 0 bridgehead atoms. The molecule has 1 fully saturated rings. The summed E-state index contributed by atoms with van der Waals surface area (Å²) in [5.41, 5.74) is 0.451. The maximum atomic E-state index is 11.4. The third-order valence-corrected chi connectivity index (χ3v) is 2.75. The fraction of sp³-hybridized carbons (Fsp3) is 0.727. The Labute approximate surface area is 86.0 Å². The average molecular weight is 196 g/mol. The van der Waals surface area contributed by atoms with Gasteiger partial charge in [-0.3, -0.25) is 4.79 Å². The van der Waals surface area contributed by atoms with Crippen LogP contribution in [0.1, 0.15) is 26.7 Å². The first-order chi connectivity index (χ1) is 6.57. The smallest absolute Gasteiger partial charge is 0.237 e. The minimum absolute atomic E-state index is 0.0501. The fourth-order valence-electron chi connectivity index (χ4n) is 1.21. The van der Waals surface area contributed by atoms with E-state index in [0.717, 1.165) is 6.54 Å². The Morgan fingerprint density at radius 2 is 2.29 bits per heavy atom. The minimum Gasteiger partial charge on any atom is -0.351 e. The van der Waals surface area contributed by atoms with E-state index in [1.165, 1.54) is 12.8 Å². The molecular formula is C11H20N2O. The van der Waals surface area contributed by atoms with E-state index in [9.17, 15) is 4.79 Å². The number of amides is 1. The van der Waals surface area contributed by atoms with Crippen LogP contribution in [0.25, 0.3) is 0 Å². The van der Waals surface area contributed by atoms with E-state index in [2.05, 4.69) is 24.1 Å². The summed E-state index contributed by atoms with van der Waals surface area (Å²) in [5.74, 6) is 0.0501. The lowest BCUT2D eigenvalue weighted by molar-refractivity contribution is -0.122. The van der Waals surface area contributed by atoms with Gasteiger partial charge in [0, 0.05) is 13.1 Å². The summed E-state index contributed by atoms with van der Waals surface area (Å²) in [6, 6.07) is -0.104. The molecule has 0 spiro atoms. The summed E-state index contributed by atoms with van der Waals surface area (Å²) in [6.45, 7) is 9.17. The average Bonchev–Trinajstić information content (AvgIpc) is 2.90. The molecule has 0 aliphatic heterocycles. The molecule has 3 nitrogen and oxygen atoms in total. The van der Waals surface area contributed by atoms with Gasteiger partial charge in [0.2, 0.25) is 5.91 Å². The second-order valence-corrected chi connectivity index (χ2v) is 4.45. The minimum atomic E-state index is -0.104. The first-order valence-electron chi connectivity index (χ1n) is 5.19. The number of carbonyl (C=O) groups excluding carboxylic acids is 1. The molecule has 1 aliphatic rings. The maximum Gasteiger partial charge on any atom is 0.237 e. The van der Waals surface area contributed by atoms with Crippen LogP contribution in [0.5, 0.6) is 0 Å². The van der Waals surface area contributed by atoms with Crippen LogP contribution in [0.4, 0.5) is 0 Å². The van der Waals surface area contributed by atoms with Crippen molar-refractivity contribution >= 4 is 5.91 Å². The molecule has 1 atom stereocenters. The second kappa shape index (κ2) is 4.60. The number of carbonyl (C=O) groups is 1. The normalized spacial score (nSPS) is 19.9. The van der Waals surface area contributed by atoms with Gasteiger partial charge in [-0.25, -0.2) is 0 Å². The van der Waals surface area contributed by atoms with Crippen molar-refractivity contribution in [1.29, 1.82) is 0 Å². The van der Waals surface area contributed by atoms with Crippen LogP contribution < -0.4 is 10.6 Å². The van der Waals surface area contributed by atoms with Gasteiger partial charge in [0.25, 0.3) is 0 Å². The summed E-state index contributed by atoms with van der Waals surface area (Å²) in [7, 11) is 0. The first kappa shape index (κ1) is 11.2. The Morgan fingerprint density at radius 1 is 1.64 bits per heavy atom. The summed E-state index contributed by atoms with van der Waals surface area (Å²) in [6.07, 6.45) is 4.24. The van der Waals surface area contributed by atoms with Crippen LogP contribution in [-0.4, -0.2) is 25.0 Å². The number of nitrogens with one attached hydrogen (secondary N) is 2. The number of hydrogen-bond donors (Lipinski definition) is 2. The summed E-state index contributed by atoms with van der Waals surface area (Å²) in [5, 5.41) is 6.02. The number of rotatable bonds is 6. The third-order valence-electron chi connectivity index (χ3n) is 2.75. The molecule has 0 heterocycles. The van der Waals surface area contributed by atoms with Crippen LogP contribution in [0.3, 0.4) is 0 Å². The van der Waals surface area contributed by atoms with Gasteiger partial charge in [-0.2, -0.15) is 0 Å². The molecule has 0 aromatic rings. The Hall–Kier alpha value is -0.830. The maximum absolute atomic E-state index is 11.4. The lowest BCUT2D eigenvalue weighted by atomic mass is 10.1. The third kappa shape index (κ3) is 3.50. The van der Waals surface area contributed by atoms with Gasteiger partial charge in [-0.15, -0.1) is 6.58 Å². The highest BCUT2D eigenvalue weighted by molar-refractivity contribution is 5.81. The molecular weight excluding hydrogens is 176 g/mol. The molecule has 80 valence electrons. The summed E-state index contributed by atoms with van der Waals surface area (Å²) >= 11 is 0. The van der Waals surface area contributed by atoms with E-state index in [0.29, 0.717) is 12.0 Å². The van der Waals surface area contributed by atoms with Gasteiger partial charge in [-0.05, 0) is 25.2 Å². The predicted octanol–water partition coefficient (Wildman–Crippen LogP) is 1.07. The topological polar surface area (TPSA) is 41.1 Å². The molecule has 0 saturated heterocycles. The summed E-state index contributed by atoms with van der Waals surface area (Å²) < 4.78 is 0. The van der Waals surface area contributed by atoms with Gasteiger partial charge >= 0.3 is 0 Å². The fourth-order valence-corrected chi connectivity index (χ4v) is 1.21. The highest BCUT2D eigenvalue weighted by Crippen LogP contribution is 2.44. The quantitative estimate of drug-likeness (QED) is 0.624. The molecule has 1 saturated carbocycles. The van der Waals surface area contributed by atoms with E-state index < -0.39 is 0 Å². The molecule has 0 aromatic heterocycles. The van der Waals surface area contributed by atoms with Crippen molar-refractivity contribution in [1.82, 2.24) is 10.6 Å². The van der Waals surface area contributed by atoms with Crippen molar-refractivity contribution in [3.05, 3.63) is 12.7 Å².